The highest BCUT2D eigenvalue weighted by Gasteiger charge is 2.36. The molecule has 0 radical (unpaired) electrons. The fourth-order valence-corrected chi connectivity index (χ4v) is 3.43. The molecule has 29 heavy (non-hydrogen) atoms. The van der Waals surface area contributed by atoms with Crippen molar-refractivity contribution in [1.82, 2.24) is 15.5 Å². The van der Waals surface area contributed by atoms with E-state index in [-0.39, 0.29) is 37.1 Å². The van der Waals surface area contributed by atoms with E-state index in [1.54, 1.807) is 31.4 Å². The highest BCUT2D eigenvalue weighted by atomic mass is 16.5. The van der Waals surface area contributed by atoms with Crippen LogP contribution in [0.3, 0.4) is 0 Å². The lowest BCUT2D eigenvalue weighted by Crippen LogP contribution is -2.36. The molecule has 1 saturated heterocycles. The number of H-pyrrole nitrogens is 1. The molecular weight excluding hydrogens is 372 g/mol. The summed E-state index contributed by atoms with van der Waals surface area (Å²) < 4.78 is 5.07. The third kappa shape index (κ3) is 3.69. The van der Waals surface area contributed by atoms with Crippen LogP contribution >= 0.6 is 0 Å². The first-order chi connectivity index (χ1) is 14.1. The molecule has 148 valence electrons. The summed E-state index contributed by atoms with van der Waals surface area (Å²) in [7, 11) is 1.55. The summed E-state index contributed by atoms with van der Waals surface area (Å²) in [6, 6.07) is 14.2. The maximum atomic E-state index is 12.5. The first-order valence-corrected chi connectivity index (χ1v) is 9.25. The molecule has 8 heteroatoms. The molecule has 2 heterocycles. The third-order valence-electron chi connectivity index (χ3n) is 5.04. The van der Waals surface area contributed by atoms with Gasteiger partial charge in [0, 0.05) is 23.9 Å². The summed E-state index contributed by atoms with van der Waals surface area (Å²) in [6.07, 6.45) is 0.0871. The van der Waals surface area contributed by atoms with Gasteiger partial charge in [-0.25, -0.2) is 0 Å². The summed E-state index contributed by atoms with van der Waals surface area (Å²) in [5.74, 6) is -0.0372. The molecule has 2 aromatic carbocycles. The smallest absolute Gasteiger partial charge is 0.229 e. The van der Waals surface area contributed by atoms with Crippen molar-refractivity contribution < 1.29 is 19.1 Å². The van der Waals surface area contributed by atoms with Crippen LogP contribution in [0.25, 0.3) is 10.9 Å². The van der Waals surface area contributed by atoms with Gasteiger partial charge in [0.15, 0.2) is 11.6 Å². The monoisotopic (exact) mass is 392 g/mol. The minimum absolute atomic E-state index is 0.0871. The maximum Gasteiger partial charge on any atom is 0.229 e. The fraction of sp³-hybridized carbons (Fsp3) is 0.238. The van der Waals surface area contributed by atoms with Gasteiger partial charge < -0.3 is 10.1 Å². The van der Waals surface area contributed by atoms with Crippen LogP contribution in [0.2, 0.25) is 0 Å². The summed E-state index contributed by atoms with van der Waals surface area (Å²) in [5, 5.41) is 10.6. The Morgan fingerprint density at radius 3 is 2.72 bits per heavy atom. The molecule has 4 rings (SSSR count). The second kappa shape index (κ2) is 7.75. The molecule has 1 aromatic heterocycles. The van der Waals surface area contributed by atoms with Gasteiger partial charge in [-0.05, 0) is 36.4 Å². The van der Waals surface area contributed by atoms with Gasteiger partial charge in [0.05, 0.1) is 25.1 Å². The Morgan fingerprint density at radius 2 is 1.97 bits per heavy atom. The molecule has 3 aromatic rings. The minimum atomic E-state index is -0.526. The predicted octanol–water partition coefficient (Wildman–Crippen LogP) is 1.92. The Kier molecular flexibility index (Phi) is 4.99. The van der Waals surface area contributed by atoms with Crippen molar-refractivity contribution in [2.24, 2.45) is 5.92 Å². The maximum absolute atomic E-state index is 12.5. The fourth-order valence-electron chi connectivity index (χ4n) is 3.43. The number of para-hydroxylation sites is 1. The van der Waals surface area contributed by atoms with Crippen LogP contribution in [0.5, 0.6) is 5.75 Å². The van der Waals surface area contributed by atoms with Crippen LogP contribution in [-0.2, 0) is 9.59 Å². The number of carbonyl (C=O) groups excluding carboxylic acids is 3. The number of ether oxygens (including phenoxy) is 1. The SMILES string of the molecule is COc1ccc(C(=O)CNC(=O)C2CC(=O)N(c3n[nH]c4ccccc34)C2)cc1. The molecule has 0 spiro atoms. The van der Waals surface area contributed by atoms with Crippen LogP contribution in [0.1, 0.15) is 16.8 Å². The van der Waals surface area contributed by atoms with E-state index in [1.807, 2.05) is 24.3 Å². The van der Waals surface area contributed by atoms with E-state index in [9.17, 15) is 14.4 Å². The van der Waals surface area contributed by atoms with Crippen LogP contribution in [-0.4, -0.2) is 48.0 Å². The number of aromatic amines is 1. The zero-order chi connectivity index (χ0) is 20.4. The number of carbonyl (C=O) groups is 3. The lowest BCUT2D eigenvalue weighted by Gasteiger charge is -2.14. The number of fused-ring (bicyclic) bond motifs is 1. The van der Waals surface area contributed by atoms with Crippen molar-refractivity contribution in [1.29, 1.82) is 0 Å². The van der Waals surface area contributed by atoms with Crippen LogP contribution < -0.4 is 15.0 Å². The van der Waals surface area contributed by atoms with Crippen molar-refractivity contribution in [2.75, 3.05) is 25.1 Å². The van der Waals surface area contributed by atoms with E-state index < -0.39 is 5.92 Å². The Morgan fingerprint density at radius 1 is 1.21 bits per heavy atom. The highest BCUT2D eigenvalue weighted by Crippen LogP contribution is 2.29. The summed E-state index contributed by atoms with van der Waals surface area (Å²) >= 11 is 0. The van der Waals surface area contributed by atoms with E-state index in [0.717, 1.165) is 10.9 Å². The van der Waals surface area contributed by atoms with Crippen molar-refractivity contribution in [2.45, 2.75) is 6.42 Å². The molecule has 1 fully saturated rings. The molecule has 2 N–H and O–H groups in total. The Labute approximate surface area is 166 Å². The van der Waals surface area contributed by atoms with Crippen LogP contribution in [0.4, 0.5) is 5.82 Å². The van der Waals surface area contributed by atoms with Gasteiger partial charge in [0.1, 0.15) is 5.75 Å². The first-order valence-electron chi connectivity index (χ1n) is 9.25. The number of aromatic nitrogens is 2. The van der Waals surface area contributed by atoms with Crippen molar-refractivity contribution in [3.05, 3.63) is 54.1 Å². The third-order valence-corrected chi connectivity index (χ3v) is 5.04. The molecule has 1 unspecified atom stereocenters. The molecule has 1 atom stereocenters. The zero-order valence-electron chi connectivity index (χ0n) is 15.8. The lowest BCUT2D eigenvalue weighted by molar-refractivity contribution is -0.126. The van der Waals surface area contributed by atoms with Crippen LogP contribution in [0, 0.1) is 5.92 Å². The average molecular weight is 392 g/mol. The second-order valence-electron chi connectivity index (χ2n) is 6.87. The Bertz CT molecular complexity index is 1070. The summed E-state index contributed by atoms with van der Waals surface area (Å²) in [4.78, 5) is 38.8. The predicted molar refractivity (Wildman–Crippen MR) is 107 cm³/mol. The molecule has 2 amide bonds. The van der Waals surface area contributed by atoms with Gasteiger partial charge in [-0.15, -0.1) is 0 Å². The number of methoxy groups -OCH3 is 1. The van der Waals surface area contributed by atoms with Gasteiger partial charge in [0.2, 0.25) is 11.8 Å². The topological polar surface area (TPSA) is 104 Å². The molecule has 0 saturated carbocycles. The van der Waals surface area contributed by atoms with Crippen molar-refractivity contribution in [3.8, 4) is 5.75 Å². The van der Waals surface area contributed by atoms with Gasteiger partial charge in [-0.1, -0.05) is 12.1 Å². The Hall–Kier alpha value is -3.68. The van der Waals surface area contributed by atoms with Gasteiger partial charge in [-0.3, -0.25) is 24.4 Å². The van der Waals surface area contributed by atoms with E-state index in [4.69, 9.17) is 4.74 Å². The zero-order valence-corrected chi connectivity index (χ0v) is 15.8. The van der Waals surface area contributed by atoms with E-state index in [0.29, 0.717) is 17.1 Å². The number of nitrogens with zero attached hydrogens (tertiary/aromatic N) is 2. The normalized spacial score (nSPS) is 16.2. The molecule has 1 aliphatic rings. The average Bonchev–Trinajstić information content (AvgIpc) is 3.35. The molecule has 0 aliphatic carbocycles. The number of hydrogen-bond acceptors (Lipinski definition) is 5. The molecule has 0 bridgehead atoms. The number of hydrogen-bond donors (Lipinski definition) is 2. The lowest BCUT2D eigenvalue weighted by atomic mass is 10.1. The van der Waals surface area contributed by atoms with Gasteiger partial charge in [0.25, 0.3) is 0 Å². The van der Waals surface area contributed by atoms with E-state index in [2.05, 4.69) is 15.5 Å². The molecule has 1 aliphatic heterocycles. The molecular formula is C21H20N4O4. The highest BCUT2D eigenvalue weighted by molar-refractivity contribution is 6.06. The van der Waals surface area contributed by atoms with Crippen molar-refractivity contribution >= 4 is 34.3 Å². The van der Waals surface area contributed by atoms with Crippen LogP contribution in [0.15, 0.2) is 48.5 Å². The van der Waals surface area contributed by atoms with Crippen molar-refractivity contribution in [3.63, 3.8) is 0 Å². The van der Waals surface area contributed by atoms with E-state index >= 15 is 0 Å². The number of anilines is 1. The Balaban J connectivity index is 1.38. The molecule has 8 nitrogen and oxygen atoms in total. The second-order valence-corrected chi connectivity index (χ2v) is 6.87. The number of benzene rings is 2. The first kappa shape index (κ1) is 18.7. The number of nitrogens with one attached hydrogen (secondary N) is 2. The van der Waals surface area contributed by atoms with E-state index in [1.165, 1.54) is 4.90 Å². The van der Waals surface area contributed by atoms with Gasteiger partial charge >= 0.3 is 0 Å². The summed E-state index contributed by atoms with van der Waals surface area (Å²) in [5.41, 5.74) is 1.31. The number of ketones is 1. The van der Waals surface area contributed by atoms with Gasteiger partial charge in [-0.2, -0.15) is 5.10 Å². The number of rotatable bonds is 6. The number of Topliss-reactive ketones (excluding diaryl/α,β-unsaturated/α-hetero) is 1. The minimum Gasteiger partial charge on any atom is -0.497 e. The quantitative estimate of drug-likeness (QED) is 0.624. The number of amides is 2. The summed E-state index contributed by atoms with van der Waals surface area (Å²) in [6.45, 7) is 0.109. The largest absolute Gasteiger partial charge is 0.497 e. The standard InChI is InChI=1S/C21H20N4O4/c1-29-15-8-6-13(7-9-15)18(26)11-22-21(28)14-10-19(27)25(12-14)20-16-4-2-3-5-17(16)23-24-20/h2-9,14H,10-12H2,1H3,(H,22,28)(H,23,24).